The van der Waals surface area contributed by atoms with Gasteiger partial charge in [0.15, 0.2) is 0 Å². The first-order valence-electron chi connectivity index (χ1n) is 47.7. The quantitative estimate of drug-likeness (QED) is 0.112. The van der Waals surface area contributed by atoms with Crippen LogP contribution in [0.5, 0.6) is 11.5 Å². The molecule has 0 atom stereocenters. The number of nitrogens with zero attached hydrogens (tertiary/aromatic N) is 4. The summed E-state index contributed by atoms with van der Waals surface area (Å²) in [6, 6.07) is 11.5. The maximum absolute atomic E-state index is 10.5. The summed E-state index contributed by atoms with van der Waals surface area (Å²) >= 11 is 0. The number of ether oxygens (including phenoxy) is 1. The van der Waals surface area contributed by atoms with E-state index in [2.05, 4.69) is 23.4 Å². The molecule has 0 aliphatic heterocycles. The molecule has 0 radical (unpaired) electrons. The number of fused-ring (bicyclic) bond motifs is 6. The Balaban J connectivity index is 0.0000146. The van der Waals surface area contributed by atoms with Crippen molar-refractivity contribution in [2.24, 2.45) is 0 Å². The molecule has 8 aromatic carbocycles. The summed E-state index contributed by atoms with van der Waals surface area (Å²) in [6.07, 6.45) is -15.9. The van der Waals surface area contributed by atoms with Crippen LogP contribution in [-0.4, -0.2) is 14.1 Å². The fourth-order valence-electron chi connectivity index (χ4n) is 9.56. The number of hydrogen-bond donors (Lipinski definition) is 0. The van der Waals surface area contributed by atoms with Gasteiger partial charge >= 0.3 is 0 Å². The Morgan fingerprint density at radius 2 is 1.22 bits per heavy atom. The van der Waals surface area contributed by atoms with Crippen molar-refractivity contribution < 1.29 is 97.5 Å². The summed E-state index contributed by atoms with van der Waals surface area (Å²) in [4.78, 5) is 4.58. The Morgan fingerprint density at radius 1 is 0.590 bits per heavy atom. The van der Waals surface area contributed by atoms with E-state index in [1.54, 1.807) is 30.3 Å². The van der Waals surface area contributed by atoms with Gasteiger partial charge in [-0.1, -0.05) is 187 Å². The normalized spacial score (nSPS) is 29.3. The van der Waals surface area contributed by atoms with Gasteiger partial charge in [0.05, 0.1) is 31.8 Å². The molecule has 0 fully saturated rings. The van der Waals surface area contributed by atoms with Crippen LogP contribution in [0.4, 0.5) is 0 Å². The first-order valence-corrected chi connectivity index (χ1v) is 23.2. The third kappa shape index (κ3) is 8.65. The number of imidazole rings is 1. The van der Waals surface area contributed by atoms with Crippen LogP contribution in [0.15, 0.2) is 170 Å². The first-order chi connectivity index (χ1) is 57.0. The van der Waals surface area contributed by atoms with Crippen LogP contribution < -0.4 is 9.30 Å². The second-order valence-corrected chi connectivity index (χ2v) is 18.2. The maximum Gasteiger partial charge on any atom is 0.268 e. The van der Waals surface area contributed by atoms with Gasteiger partial charge in [-0.15, -0.1) is 29.7 Å². The Kier molecular flexibility index (Phi) is 4.88. The summed E-state index contributed by atoms with van der Waals surface area (Å²) < 4.78 is 459. The summed E-state index contributed by atoms with van der Waals surface area (Å²) in [5.41, 5.74) is -37.6. The zero-order valence-electron chi connectivity index (χ0n) is 88.8. The molecule has 0 amide bonds. The van der Waals surface area contributed by atoms with Crippen LogP contribution in [0.3, 0.4) is 0 Å². The van der Waals surface area contributed by atoms with Crippen molar-refractivity contribution in [1.82, 2.24) is 14.1 Å². The fourth-order valence-corrected chi connectivity index (χ4v) is 9.56. The summed E-state index contributed by atoms with van der Waals surface area (Å²) in [5, 5.41) is 0.993. The third-order valence-corrected chi connectivity index (χ3v) is 13.1. The SMILES string of the molecule is [2H]c1c([2H])c([2H])c(-c2cnc(-n3c4[c-]c(Oc5[c-]c(-n6[c-][n+](-c7c(-c8c([2H])c([2H])c9c(c8[2H])C(C([2H])([2H])[2H])(C([2H])([2H])[2H])C([2H])([2H])C([2H])([2H])C9(C([2H])([2H])[2H])C([2H])([2H])[2H])cc(C([2H])([2H])[2H])cc7-c7c([2H])c([2H])c8c(c7[2H])C(C([2H])([2H])[2H])(C([2H])([2H])[2H])C([2H])([2H])C([2H])([2H])C8(C([2H])([2H])[2H])C([2H])([2H])[2H])c7ccccc76)ccc5)ccc4c4ccccc43)cc2C([2H])([2H])[2H])c([2H])c1[2H].[Pt]. The molecule has 0 spiro atoms. The summed E-state index contributed by atoms with van der Waals surface area (Å²) in [5.74, 6) is -0.474. The monoisotopic (exact) mass is 1250 g/mol. The van der Waals surface area contributed by atoms with Gasteiger partial charge in [0.25, 0.3) is 6.33 Å². The van der Waals surface area contributed by atoms with Crippen molar-refractivity contribution in [2.45, 2.75) is 116 Å². The van der Waals surface area contributed by atoms with E-state index in [4.69, 9.17) is 52.7 Å². The minimum Gasteiger partial charge on any atom is -0.510 e. The zero-order chi connectivity index (χ0) is 94.9. The second kappa shape index (κ2) is 18.9. The van der Waals surface area contributed by atoms with Crippen LogP contribution >= 0.6 is 0 Å². The number of aryl methyl sites for hydroxylation is 2. The molecule has 0 bridgehead atoms. The molecule has 2 aliphatic rings. The van der Waals surface area contributed by atoms with E-state index in [-0.39, 0.29) is 60.7 Å². The van der Waals surface area contributed by atoms with E-state index in [1.165, 1.54) is 53.1 Å². The molecule has 13 rings (SSSR count). The fraction of sp³-hybridized carbons (Fsp3) is 0.250. The van der Waals surface area contributed by atoms with E-state index < -0.39 is 255 Å². The number of rotatable bonds is 8. The van der Waals surface area contributed by atoms with Crippen molar-refractivity contribution in [3.8, 4) is 62.1 Å². The molecule has 0 unspecified atom stereocenters. The second-order valence-electron chi connectivity index (χ2n) is 18.2. The van der Waals surface area contributed by atoms with Gasteiger partial charge in [-0.2, -0.15) is 18.2 Å². The van der Waals surface area contributed by atoms with E-state index in [0.29, 0.717) is 28.4 Å². The molecule has 0 saturated carbocycles. The average molecular weight is 1250 g/mol. The Labute approximate surface area is 543 Å². The minimum atomic E-state index is -5.01. The third-order valence-electron chi connectivity index (χ3n) is 13.1. The topological polar surface area (TPSA) is 35.9 Å². The summed E-state index contributed by atoms with van der Waals surface area (Å²) in [6.45, 7) is -44.4. The molecule has 0 saturated heterocycles. The molecule has 3 aromatic heterocycles. The van der Waals surface area contributed by atoms with Gasteiger partial charge in [0, 0.05) is 102 Å². The van der Waals surface area contributed by atoms with Gasteiger partial charge in [-0.05, 0) is 140 Å². The van der Waals surface area contributed by atoms with Gasteiger partial charge in [-0.25, -0.2) is 4.98 Å². The number of pyridine rings is 1. The van der Waals surface area contributed by atoms with Gasteiger partial charge in [0.2, 0.25) is 0 Å². The van der Waals surface area contributed by atoms with Crippen LogP contribution in [0, 0.1) is 32.2 Å². The molecule has 6 heteroatoms. The number of para-hydroxylation sites is 3. The average Bonchev–Trinajstić information content (AvgIpc) is 0.877. The molecule has 2 aliphatic carbocycles. The molecule has 78 heavy (non-hydrogen) atoms. The van der Waals surface area contributed by atoms with Crippen molar-refractivity contribution in [2.75, 3.05) is 0 Å². The van der Waals surface area contributed by atoms with E-state index in [9.17, 15) is 19.2 Å². The van der Waals surface area contributed by atoms with Crippen molar-refractivity contribution >= 4 is 32.8 Å². The number of benzene rings is 8. The smallest absolute Gasteiger partial charge is 0.268 e. The van der Waals surface area contributed by atoms with Gasteiger partial charge < -0.3 is 13.9 Å². The molecule has 3 heterocycles. The molecular weight excluding hydrogens is 1130 g/mol. The Hall–Kier alpha value is -7.33. The number of hydrogen-bond acceptors (Lipinski definition) is 2. The standard InChI is InChI=1S/C72H66N4O.Pt/c1-46-37-56(49-27-31-59-61(40-49)71(7,8)35-33-69(59,3)4)68(57(38-46)50-28-32-60-62(41-50)72(9,10)36-34-70(60,5)6)75-45-74(64-25-16-17-26-65(64)75)51-21-18-22-52(42-51)77-53-29-30-55-54-23-14-15-24-63(54)76(66(55)43-53)67-39-47(2)58(44-73-67)48-19-12-11-13-20-48;/h11-32,37-41,44H,33-36H2,1-10H3;/q-2;/i1D3,2D3,3D3,4D3,5D3,6D3,7D3,8D3,9D3,10D3,11D,12D,13D,19D,20D,27D,28D,31D,32D,33D2,34D2,35D2,36D2,40D,41D;. The zero-order valence-corrected chi connectivity index (χ0v) is 42.1. The summed E-state index contributed by atoms with van der Waals surface area (Å²) in [7, 11) is 0. The maximum atomic E-state index is 10.5. The van der Waals surface area contributed by atoms with Crippen molar-refractivity contribution in [1.29, 1.82) is 0 Å². The first kappa shape index (κ1) is 20.1. The Morgan fingerprint density at radius 3 is 1.87 bits per heavy atom. The number of aromatic nitrogens is 4. The largest absolute Gasteiger partial charge is 0.510 e. The Bertz CT molecular complexity index is 6120. The minimum absolute atomic E-state index is 0. The van der Waals surface area contributed by atoms with E-state index in [1.807, 2.05) is 0 Å². The molecule has 11 aromatic rings. The van der Waals surface area contributed by atoms with Crippen molar-refractivity contribution in [3.05, 3.63) is 222 Å². The molecular formula is C72H66N4OPt-2. The predicted molar refractivity (Wildman–Crippen MR) is 316 cm³/mol. The van der Waals surface area contributed by atoms with Gasteiger partial charge in [0.1, 0.15) is 5.82 Å². The van der Waals surface area contributed by atoms with Crippen molar-refractivity contribution in [3.63, 3.8) is 0 Å². The van der Waals surface area contributed by atoms with E-state index >= 15 is 0 Å². The molecule has 0 N–H and O–H groups in total. The van der Waals surface area contributed by atoms with Crippen LogP contribution in [0.2, 0.25) is 0 Å². The van der Waals surface area contributed by atoms with Crippen LogP contribution in [0.1, 0.15) is 181 Å². The molecule has 392 valence electrons. The van der Waals surface area contributed by atoms with E-state index in [0.717, 1.165) is 21.4 Å². The van der Waals surface area contributed by atoms with Crippen LogP contribution in [-0.2, 0) is 42.7 Å². The predicted octanol–water partition coefficient (Wildman–Crippen LogP) is 17.9. The molecule has 5 nitrogen and oxygen atoms in total. The van der Waals surface area contributed by atoms with Gasteiger partial charge in [-0.3, -0.25) is 4.57 Å². The van der Waals surface area contributed by atoms with Crippen LogP contribution in [0.25, 0.3) is 83.4 Å².